The molecule has 0 heterocycles. The first-order valence-electron chi connectivity index (χ1n) is 24.1. The van der Waals surface area contributed by atoms with Gasteiger partial charge in [-0.3, -0.25) is 0 Å². The molecule has 59 heavy (non-hydrogen) atoms. The third kappa shape index (κ3) is 4.79. The minimum atomic E-state index is -0.687. The topological polar surface area (TPSA) is 3.24 Å². The summed E-state index contributed by atoms with van der Waals surface area (Å²) < 4.78 is 77.2. The highest BCUT2D eigenvalue weighted by Gasteiger charge is 2.51. The summed E-state index contributed by atoms with van der Waals surface area (Å²) in [5, 5.41) is 0. The van der Waals surface area contributed by atoms with Gasteiger partial charge in [0.1, 0.15) is 0 Å². The van der Waals surface area contributed by atoms with Gasteiger partial charge >= 0.3 is 0 Å². The van der Waals surface area contributed by atoms with E-state index in [1.165, 1.54) is 4.90 Å². The normalized spacial score (nSPS) is 16.1. The molecule has 0 atom stereocenters. The number of rotatable bonds is 5. The highest BCUT2D eigenvalue weighted by Crippen LogP contribution is 2.63. The lowest BCUT2D eigenvalue weighted by Crippen LogP contribution is -2.25. The Bertz CT molecular complexity index is 3490. The molecule has 0 unspecified atom stereocenters. The molecule has 0 bridgehead atoms. The molecule has 3 aliphatic carbocycles. The summed E-state index contributed by atoms with van der Waals surface area (Å²) in [4.78, 5) is 1.42. The Balaban J connectivity index is 1.10. The highest BCUT2D eigenvalue weighted by atomic mass is 15.1. The van der Waals surface area contributed by atoms with Crippen molar-refractivity contribution in [2.45, 2.75) is 24.7 Å². The molecule has 1 heteroatoms. The van der Waals surface area contributed by atoms with E-state index in [9.17, 15) is 11.0 Å². The number of hydrogen-bond acceptors (Lipinski definition) is 1. The zero-order valence-electron chi connectivity index (χ0n) is 40.5. The molecule has 0 saturated heterocycles. The molecule has 9 aromatic carbocycles. The van der Waals surface area contributed by atoms with Gasteiger partial charge in [0.05, 0.1) is 16.4 Å². The van der Waals surface area contributed by atoms with E-state index in [0.29, 0.717) is 16.8 Å². The summed E-state index contributed by atoms with van der Waals surface area (Å²) in [6.07, 6.45) is 0. The van der Waals surface area contributed by atoms with Crippen LogP contribution in [-0.2, 0) is 10.8 Å². The van der Waals surface area contributed by atoms with Crippen LogP contribution in [0.4, 0.5) is 17.1 Å². The fourth-order valence-electron chi connectivity index (χ4n) is 10.2. The van der Waals surface area contributed by atoms with Crippen LogP contribution < -0.4 is 4.90 Å². The maximum absolute atomic E-state index is 9.88. The van der Waals surface area contributed by atoms with Crippen LogP contribution in [-0.4, -0.2) is 0 Å². The van der Waals surface area contributed by atoms with Gasteiger partial charge in [-0.25, -0.2) is 0 Å². The van der Waals surface area contributed by atoms with Crippen LogP contribution in [0.1, 0.15) is 58.2 Å². The molecule has 3 aliphatic rings. The minimum Gasteiger partial charge on any atom is -0.310 e. The summed E-state index contributed by atoms with van der Waals surface area (Å²) in [7, 11) is 0. The molecule has 0 aliphatic heterocycles. The van der Waals surface area contributed by atoms with Gasteiger partial charge in [0.25, 0.3) is 0 Å². The second-order valence-electron chi connectivity index (χ2n) is 16.2. The summed E-state index contributed by atoms with van der Waals surface area (Å²) in [6.45, 7) is 4.26. The Morgan fingerprint density at radius 2 is 0.746 bits per heavy atom. The Morgan fingerprint density at radius 1 is 0.322 bits per heavy atom. The summed E-state index contributed by atoms with van der Waals surface area (Å²) in [5.74, 6) is 0. The molecular formula is C58H41N. The Kier molecular flexibility index (Phi) is 5.71. The molecule has 12 rings (SSSR count). The zero-order chi connectivity index (χ0) is 46.3. The lowest BCUT2D eigenvalue weighted by Gasteiger charge is -2.30. The van der Waals surface area contributed by atoms with Crippen molar-refractivity contribution in [2.75, 3.05) is 4.90 Å². The molecule has 1 nitrogen and oxygen atoms in total. The van der Waals surface area contributed by atoms with E-state index in [2.05, 4.69) is 92.7 Å². The Morgan fingerprint density at radius 3 is 1.31 bits per heavy atom. The molecule has 0 fully saturated rings. The van der Waals surface area contributed by atoms with Crippen molar-refractivity contribution in [1.29, 1.82) is 0 Å². The first-order chi connectivity index (χ1) is 32.4. The standard InChI is InChI=1S/C58H41N/c1-57(2)51-20-10-6-16-45(51)49-35-33-44(37-55(49)57)59(42-29-24-39(25-30-42)38-14-4-3-5-15-38)43-31-26-40(27-32-43)41-28-34-50-48-19-9-13-23-54(48)58(56(50)36-41)52-21-11-7-17-46(52)47-18-8-12-22-53(47)58/h3-37H,1-2H3/i24D,25D,26D,27D,29D,30D,31D,32D. The molecule has 0 saturated carbocycles. The van der Waals surface area contributed by atoms with E-state index in [-0.39, 0.29) is 70.8 Å². The summed E-state index contributed by atoms with van der Waals surface area (Å²) >= 11 is 0. The number of nitrogens with zero attached hydrogens (tertiary/aromatic N) is 1. The summed E-state index contributed by atoms with van der Waals surface area (Å²) in [6, 6.07) is 51.5. The van der Waals surface area contributed by atoms with Gasteiger partial charge < -0.3 is 4.90 Å². The number of fused-ring (bicyclic) bond motifs is 13. The smallest absolute Gasteiger partial charge is 0.0725 e. The first kappa shape index (κ1) is 26.7. The maximum atomic E-state index is 9.88. The lowest BCUT2D eigenvalue weighted by atomic mass is 9.70. The number of hydrogen-bond donors (Lipinski definition) is 0. The van der Waals surface area contributed by atoms with Crippen molar-refractivity contribution in [1.82, 2.24) is 0 Å². The van der Waals surface area contributed by atoms with E-state index >= 15 is 0 Å². The fourth-order valence-corrected chi connectivity index (χ4v) is 10.2. The van der Waals surface area contributed by atoms with Crippen LogP contribution in [0.5, 0.6) is 0 Å². The number of anilines is 3. The second kappa shape index (κ2) is 12.6. The summed E-state index contributed by atoms with van der Waals surface area (Å²) in [5.41, 5.74) is 13.2. The van der Waals surface area contributed by atoms with Crippen molar-refractivity contribution in [3.63, 3.8) is 0 Å². The van der Waals surface area contributed by atoms with Crippen molar-refractivity contribution < 1.29 is 11.0 Å². The van der Waals surface area contributed by atoms with Crippen molar-refractivity contribution in [2.24, 2.45) is 0 Å². The SMILES string of the molecule is [2H]c1c([2H])c(N(c2ccc3c(c2)C(C)(C)c2ccccc2-3)c2c([2H])c([2H])c(-c3ccc4c(c3)C3(c5ccccc5-c5ccccc53)c3ccccc3-4)c([2H])c2[2H])c([2H])c([2H])c1-c1ccccc1. The fraction of sp³-hybridized carbons (Fsp3) is 0.0690. The van der Waals surface area contributed by atoms with Crippen LogP contribution >= 0.6 is 0 Å². The molecular weight excluding hydrogens is 711 g/mol. The lowest BCUT2D eigenvalue weighted by molar-refractivity contribution is 0.660. The van der Waals surface area contributed by atoms with E-state index in [1.807, 2.05) is 60.7 Å². The average Bonchev–Trinajstić information content (AvgIpc) is 3.91. The predicted molar refractivity (Wildman–Crippen MR) is 246 cm³/mol. The van der Waals surface area contributed by atoms with Gasteiger partial charge in [0, 0.05) is 22.5 Å². The molecule has 0 aromatic heterocycles. The Labute approximate surface area is 357 Å². The van der Waals surface area contributed by atoms with Crippen LogP contribution in [0, 0.1) is 0 Å². The van der Waals surface area contributed by atoms with Crippen LogP contribution in [0.15, 0.2) is 212 Å². The largest absolute Gasteiger partial charge is 0.310 e. The van der Waals surface area contributed by atoms with Crippen molar-refractivity contribution in [3.8, 4) is 55.6 Å². The van der Waals surface area contributed by atoms with Crippen molar-refractivity contribution >= 4 is 17.1 Å². The molecule has 0 N–H and O–H groups in total. The molecule has 0 amide bonds. The average molecular weight is 760 g/mol. The van der Waals surface area contributed by atoms with Gasteiger partial charge in [-0.05, 0) is 131 Å². The van der Waals surface area contributed by atoms with Crippen molar-refractivity contribution in [3.05, 3.63) is 246 Å². The Hall–Kier alpha value is -7.22. The highest BCUT2D eigenvalue weighted by molar-refractivity contribution is 5.96. The second-order valence-corrected chi connectivity index (χ2v) is 16.2. The van der Waals surface area contributed by atoms with E-state index in [4.69, 9.17) is 0 Å². The van der Waals surface area contributed by atoms with Gasteiger partial charge in [-0.15, -0.1) is 0 Å². The molecule has 1 spiro atoms. The van der Waals surface area contributed by atoms with Gasteiger partial charge in [-0.2, -0.15) is 0 Å². The van der Waals surface area contributed by atoms with E-state index < -0.39 is 10.8 Å². The zero-order valence-corrected chi connectivity index (χ0v) is 32.5. The number of benzene rings is 9. The van der Waals surface area contributed by atoms with Gasteiger partial charge in [-0.1, -0.05) is 184 Å². The monoisotopic (exact) mass is 759 g/mol. The van der Waals surface area contributed by atoms with Crippen LogP contribution in [0.25, 0.3) is 55.6 Å². The van der Waals surface area contributed by atoms with E-state index in [0.717, 1.165) is 66.8 Å². The third-order valence-corrected chi connectivity index (χ3v) is 12.8. The quantitative estimate of drug-likeness (QED) is 0.169. The predicted octanol–water partition coefficient (Wildman–Crippen LogP) is 15.1. The minimum absolute atomic E-state index is 0.122. The molecule has 0 radical (unpaired) electrons. The molecule has 278 valence electrons. The van der Waals surface area contributed by atoms with Gasteiger partial charge in [0.2, 0.25) is 0 Å². The molecule has 9 aromatic rings. The maximum Gasteiger partial charge on any atom is 0.0725 e. The van der Waals surface area contributed by atoms with E-state index in [1.54, 1.807) is 24.3 Å². The van der Waals surface area contributed by atoms with Crippen LogP contribution in [0.2, 0.25) is 0 Å². The van der Waals surface area contributed by atoms with Crippen LogP contribution in [0.3, 0.4) is 0 Å². The van der Waals surface area contributed by atoms with Gasteiger partial charge in [0.15, 0.2) is 0 Å². The third-order valence-electron chi connectivity index (χ3n) is 12.8. The first-order valence-corrected chi connectivity index (χ1v) is 20.1.